The fourth-order valence-electron chi connectivity index (χ4n) is 10.9. The first-order chi connectivity index (χ1) is 37.1. The maximum atomic E-state index is 6.84. The summed E-state index contributed by atoms with van der Waals surface area (Å²) in [5, 5.41) is 2.18. The van der Waals surface area contributed by atoms with Crippen LogP contribution in [-0.4, -0.2) is 9.55 Å². The van der Waals surface area contributed by atoms with Crippen LogP contribution in [-0.2, 0) is 37.3 Å². The van der Waals surface area contributed by atoms with Gasteiger partial charge in [0.2, 0.25) is 0 Å². The van der Waals surface area contributed by atoms with E-state index in [2.05, 4.69) is 290 Å². The van der Waals surface area contributed by atoms with E-state index in [0.717, 1.165) is 94.9 Å². The number of para-hydroxylation sites is 3. The van der Waals surface area contributed by atoms with Gasteiger partial charge < -0.3 is 19.1 Å². The molecule has 6 heteroatoms. The van der Waals surface area contributed by atoms with Crippen LogP contribution in [0.15, 0.2) is 212 Å². The Hall–Kier alpha value is -7.98. The summed E-state index contributed by atoms with van der Waals surface area (Å²) in [6, 6.07) is 81.2. The molecule has 0 saturated heterocycles. The first-order valence-corrected chi connectivity index (χ1v) is 26.8. The molecule has 0 aliphatic carbocycles. The summed E-state index contributed by atoms with van der Waals surface area (Å²) in [5.74, 6) is 1.98. The fourth-order valence-corrected chi connectivity index (χ4v) is 10.9. The standard InChI is InChI=1S/C72H63N4O.Pt/c1-70(2,3)53-35-30-50(31-36-53)59-27-19-26-58(49-22-14-11-15-23-49)69(59)75-47-74(65-28-16-17-29-66(65)75)55-24-18-25-56(43-55)77-57-39-40-60-61-42-52(48-20-12-10-13-21-48)34-41-64(61)76(67(60)44-57)68-45-63(72(7,8)9)62(46-73-68)51-32-37-54(38-33-51)71(4,5)6;/h10-42,45-47H,1-9H3;/q-3;. The van der Waals surface area contributed by atoms with Crippen molar-refractivity contribution in [1.29, 1.82) is 0 Å². The van der Waals surface area contributed by atoms with Crippen LogP contribution in [0.5, 0.6) is 11.5 Å². The Labute approximate surface area is 475 Å². The van der Waals surface area contributed by atoms with E-state index < -0.39 is 0 Å². The molecule has 0 N–H and O–H groups in total. The number of aromatic nitrogens is 2. The van der Waals surface area contributed by atoms with Gasteiger partial charge in [-0.25, -0.2) is 4.98 Å². The molecule has 11 aromatic rings. The first-order valence-electron chi connectivity index (χ1n) is 26.8. The van der Waals surface area contributed by atoms with Gasteiger partial charge in [0, 0.05) is 78.0 Å². The van der Waals surface area contributed by atoms with Gasteiger partial charge in [-0.2, -0.15) is 12.1 Å². The van der Waals surface area contributed by atoms with E-state index in [1.807, 2.05) is 18.2 Å². The molecule has 0 saturated carbocycles. The smallest absolute Gasteiger partial charge is 0.135 e. The molecular weight excluding hydrogens is 1130 g/mol. The van der Waals surface area contributed by atoms with Crippen LogP contribution < -0.4 is 14.5 Å². The van der Waals surface area contributed by atoms with Crippen LogP contribution in [0, 0.1) is 18.8 Å². The van der Waals surface area contributed by atoms with Crippen LogP contribution in [0.25, 0.3) is 72.1 Å². The minimum absolute atomic E-state index is 0. The normalized spacial score (nSPS) is 12.7. The van der Waals surface area contributed by atoms with E-state index in [1.54, 1.807) is 0 Å². The Morgan fingerprint density at radius 1 is 0.436 bits per heavy atom. The molecule has 78 heavy (non-hydrogen) atoms. The minimum Gasteiger partial charge on any atom is -0.509 e. The number of benzene rings is 9. The van der Waals surface area contributed by atoms with Crippen molar-refractivity contribution in [3.63, 3.8) is 0 Å². The zero-order chi connectivity index (χ0) is 53.2. The average molecular weight is 1200 g/mol. The van der Waals surface area contributed by atoms with Crippen LogP contribution in [0.4, 0.5) is 22.7 Å². The molecule has 0 spiro atoms. The Balaban J connectivity index is 0.00000645. The van der Waals surface area contributed by atoms with Crippen LogP contribution >= 0.6 is 0 Å². The second-order valence-corrected chi connectivity index (χ2v) is 23.4. The second kappa shape index (κ2) is 20.4. The van der Waals surface area contributed by atoms with Gasteiger partial charge in [-0.1, -0.05) is 219 Å². The molecule has 9 aromatic carbocycles. The SMILES string of the molecule is CC(C)(C)c1ccc(-c2cnc(-n3c4[c-]c(Oc5[c-]c(N6[CH-]N(c7c(-c8ccccc8)cccc7-c7ccc(C(C)(C)C)cc7)c7ccccc76)ccc5)ccc4c4cc(-c5ccccc5)ccc43)cc2C(C)(C)C)cc1.[Pt]. The minimum atomic E-state index is -0.177. The Kier molecular flexibility index (Phi) is 13.6. The molecule has 0 fully saturated rings. The van der Waals surface area contributed by atoms with Crippen molar-refractivity contribution in [3.05, 3.63) is 248 Å². The van der Waals surface area contributed by atoms with E-state index in [0.29, 0.717) is 11.5 Å². The summed E-state index contributed by atoms with van der Waals surface area (Å²) in [6.45, 7) is 22.6. The van der Waals surface area contributed by atoms with Gasteiger partial charge >= 0.3 is 0 Å². The number of rotatable bonds is 9. The molecule has 0 radical (unpaired) electrons. The number of ether oxygens (including phenoxy) is 1. The Morgan fingerprint density at radius 2 is 0.974 bits per heavy atom. The average Bonchev–Trinajstić information content (AvgIpc) is 4.22. The van der Waals surface area contributed by atoms with Gasteiger partial charge in [-0.05, 0) is 90.4 Å². The maximum absolute atomic E-state index is 6.84. The van der Waals surface area contributed by atoms with Gasteiger partial charge in [0.15, 0.2) is 0 Å². The van der Waals surface area contributed by atoms with Gasteiger partial charge in [-0.15, -0.1) is 48.1 Å². The summed E-state index contributed by atoms with van der Waals surface area (Å²) in [4.78, 5) is 9.83. The quantitative estimate of drug-likeness (QED) is 0.135. The van der Waals surface area contributed by atoms with E-state index in [-0.39, 0.29) is 37.3 Å². The van der Waals surface area contributed by atoms with Crippen LogP contribution in [0.1, 0.15) is 79.0 Å². The van der Waals surface area contributed by atoms with Crippen molar-refractivity contribution in [1.82, 2.24) is 9.55 Å². The molecule has 0 atom stereocenters. The monoisotopic (exact) mass is 1190 g/mol. The molecule has 1 aliphatic rings. The zero-order valence-corrected chi connectivity index (χ0v) is 48.1. The largest absolute Gasteiger partial charge is 0.509 e. The molecule has 2 aromatic heterocycles. The van der Waals surface area contributed by atoms with Crippen molar-refractivity contribution < 1.29 is 25.8 Å². The second-order valence-electron chi connectivity index (χ2n) is 23.4. The van der Waals surface area contributed by atoms with Crippen molar-refractivity contribution >= 4 is 44.6 Å². The van der Waals surface area contributed by atoms with E-state index in [9.17, 15) is 0 Å². The maximum Gasteiger partial charge on any atom is 0.135 e. The third-order valence-corrected chi connectivity index (χ3v) is 15.0. The summed E-state index contributed by atoms with van der Waals surface area (Å²) in [5.41, 5.74) is 18.9. The van der Waals surface area contributed by atoms with Crippen molar-refractivity contribution in [3.8, 4) is 61.8 Å². The molecule has 12 rings (SSSR count). The number of pyridine rings is 1. The number of hydrogen-bond acceptors (Lipinski definition) is 4. The molecule has 0 amide bonds. The predicted octanol–water partition coefficient (Wildman–Crippen LogP) is 19.5. The Bertz CT molecular complexity index is 3970. The van der Waals surface area contributed by atoms with E-state index >= 15 is 0 Å². The number of anilines is 4. The number of nitrogens with zero attached hydrogens (tertiary/aromatic N) is 4. The van der Waals surface area contributed by atoms with Crippen molar-refractivity contribution in [2.45, 2.75) is 78.6 Å². The summed E-state index contributed by atoms with van der Waals surface area (Å²) in [7, 11) is 0. The van der Waals surface area contributed by atoms with Gasteiger partial charge in [-0.3, -0.25) is 0 Å². The van der Waals surface area contributed by atoms with Gasteiger partial charge in [0.1, 0.15) is 5.82 Å². The first kappa shape index (κ1) is 52.1. The number of fused-ring (bicyclic) bond motifs is 4. The van der Waals surface area contributed by atoms with E-state index in [4.69, 9.17) is 9.72 Å². The zero-order valence-electron chi connectivity index (χ0n) is 45.8. The summed E-state index contributed by atoms with van der Waals surface area (Å²) >= 11 is 0. The molecule has 5 nitrogen and oxygen atoms in total. The van der Waals surface area contributed by atoms with Gasteiger partial charge in [0.25, 0.3) is 0 Å². The molecule has 1 aliphatic heterocycles. The van der Waals surface area contributed by atoms with E-state index in [1.165, 1.54) is 16.7 Å². The molecule has 0 bridgehead atoms. The van der Waals surface area contributed by atoms with Crippen molar-refractivity contribution in [2.24, 2.45) is 0 Å². The third kappa shape index (κ3) is 9.86. The molecular formula is C72H63N4OPt-3. The van der Waals surface area contributed by atoms with Crippen LogP contribution in [0.2, 0.25) is 0 Å². The number of hydrogen-bond donors (Lipinski definition) is 0. The molecule has 0 unspecified atom stereocenters. The fraction of sp³-hybridized carbons (Fsp3) is 0.167. The summed E-state index contributed by atoms with van der Waals surface area (Å²) < 4.78 is 9.09. The summed E-state index contributed by atoms with van der Waals surface area (Å²) in [6.07, 6.45) is 2.05. The predicted molar refractivity (Wildman–Crippen MR) is 322 cm³/mol. The van der Waals surface area contributed by atoms with Crippen LogP contribution in [0.3, 0.4) is 0 Å². The third-order valence-electron chi connectivity index (χ3n) is 15.0. The Morgan fingerprint density at radius 3 is 1.59 bits per heavy atom. The topological polar surface area (TPSA) is 33.5 Å². The van der Waals surface area contributed by atoms with Gasteiger partial charge in [0.05, 0.1) is 0 Å². The van der Waals surface area contributed by atoms with Crippen molar-refractivity contribution in [2.75, 3.05) is 9.80 Å². The molecule has 390 valence electrons. The molecule has 3 heterocycles.